The zero-order valence-corrected chi connectivity index (χ0v) is 15.2. The molecule has 5 heteroatoms. The molecule has 0 spiro atoms. The minimum absolute atomic E-state index is 0.0941. The highest BCUT2D eigenvalue weighted by Crippen LogP contribution is 2.36. The lowest BCUT2D eigenvalue weighted by molar-refractivity contribution is 0.284. The van der Waals surface area contributed by atoms with Crippen LogP contribution in [0.25, 0.3) is 22.3 Å². The van der Waals surface area contributed by atoms with Crippen LogP contribution in [-0.2, 0) is 6.61 Å². The predicted octanol–water partition coefficient (Wildman–Crippen LogP) is 4.75. The van der Waals surface area contributed by atoms with Crippen molar-refractivity contribution in [1.82, 2.24) is 0 Å². The Morgan fingerprint density at radius 1 is 0.929 bits per heavy atom. The summed E-state index contributed by atoms with van der Waals surface area (Å²) in [6.45, 7) is 0.396. The first kappa shape index (κ1) is 17.7. The molecule has 0 radical (unpaired) electrons. The van der Waals surface area contributed by atoms with Gasteiger partial charge in [-0.25, -0.2) is 0 Å². The van der Waals surface area contributed by atoms with Gasteiger partial charge in [-0.15, -0.1) is 0 Å². The van der Waals surface area contributed by atoms with Crippen LogP contribution in [0.1, 0.15) is 5.56 Å². The number of fused-ring (bicyclic) bond motifs is 1. The number of para-hydroxylation sites is 1. The van der Waals surface area contributed by atoms with Crippen molar-refractivity contribution in [2.45, 2.75) is 6.61 Å². The van der Waals surface area contributed by atoms with E-state index < -0.39 is 11.2 Å². The Bertz CT molecular complexity index is 1180. The molecule has 1 heterocycles. The Morgan fingerprint density at radius 2 is 1.68 bits per heavy atom. The summed E-state index contributed by atoms with van der Waals surface area (Å²) in [6.07, 6.45) is 0. The van der Waals surface area contributed by atoms with E-state index >= 15 is 0 Å². The standard InChI is InChI=1S/C23H18O5/c1-26-20-13-16(11-12-19(20)27-14-15-7-3-2-4-8-15)23-22(25)21(24)17-9-5-6-10-18(17)28-23/h2-13,25H,14H2,1H3. The number of benzene rings is 3. The van der Waals surface area contributed by atoms with Crippen molar-refractivity contribution in [2.75, 3.05) is 7.11 Å². The maximum atomic E-state index is 12.4. The third-order valence-electron chi connectivity index (χ3n) is 4.44. The second kappa shape index (κ2) is 7.48. The third kappa shape index (κ3) is 3.30. The van der Waals surface area contributed by atoms with Crippen molar-refractivity contribution in [2.24, 2.45) is 0 Å². The predicted molar refractivity (Wildman–Crippen MR) is 107 cm³/mol. The zero-order valence-electron chi connectivity index (χ0n) is 15.2. The minimum atomic E-state index is -0.472. The summed E-state index contributed by atoms with van der Waals surface area (Å²) < 4.78 is 17.1. The average molecular weight is 374 g/mol. The van der Waals surface area contributed by atoms with Gasteiger partial charge in [0.15, 0.2) is 17.3 Å². The summed E-state index contributed by atoms with van der Waals surface area (Å²) in [6, 6.07) is 21.7. The lowest BCUT2D eigenvalue weighted by atomic mass is 10.1. The van der Waals surface area contributed by atoms with Crippen LogP contribution in [0.2, 0.25) is 0 Å². The highest BCUT2D eigenvalue weighted by atomic mass is 16.5. The molecule has 28 heavy (non-hydrogen) atoms. The first-order valence-corrected chi connectivity index (χ1v) is 8.77. The lowest BCUT2D eigenvalue weighted by Crippen LogP contribution is -2.02. The number of rotatable bonds is 5. The number of aromatic hydroxyl groups is 1. The average Bonchev–Trinajstić information content (AvgIpc) is 2.75. The van der Waals surface area contributed by atoms with E-state index in [2.05, 4.69) is 0 Å². The molecule has 0 saturated carbocycles. The summed E-state index contributed by atoms with van der Waals surface area (Å²) in [5, 5.41) is 10.7. The molecular formula is C23H18O5. The van der Waals surface area contributed by atoms with Gasteiger partial charge >= 0.3 is 0 Å². The van der Waals surface area contributed by atoms with Crippen LogP contribution in [0.4, 0.5) is 0 Å². The van der Waals surface area contributed by atoms with Crippen LogP contribution >= 0.6 is 0 Å². The molecule has 0 fully saturated rings. The Labute approximate surface area is 161 Å². The van der Waals surface area contributed by atoms with Gasteiger partial charge in [-0.05, 0) is 35.9 Å². The van der Waals surface area contributed by atoms with Gasteiger partial charge in [0.2, 0.25) is 11.2 Å². The van der Waals surface area contributed by atoms with Crippen molar-refractivity contribution in [3.8, 4) is 28.6 Å². The molecule has 5 nitrogen and oxygen atoms in total. The Kier molecular flexibility index (Phi) is 4.72. The monoisotopic (exact) mass is 374 g/mol. The van der Waals surface area contributed by atoms with Crippen LogP contribution in [0, 0.1) is 0 Å². The zero-order chi connectivity index (χ0) is 19.5. The van der Waals surface area contributed by atoms with Crippen molar-refractivity contribution in [3.63, 3.8) is 0 Å². The second-order valence-corrected chi connectivity index (χ2v) is 6.24. The van der Waals surface area contributed by atoms with E-state index in [9.17, 15) is 9.90 Å². The van der Waals surface area contributed by atoms with Gasteiger partial charge in [0.05, 0.1) is 12.5 Å². The summed E-state index contributed by atoms with van der Waals surface area (Å²) >= 11 is 0. The normalized spacial score (nSPS) is 10.8. The number of hydrogen-bond donors (Lipinski definition) is 1. The SMILES string of the molecule is COc1cc(-c2oc3ccccc3c(=O)c2O)ccc1OCc1ccccc1. The molecule has 3 aromatic carbocycles. The summed E-state index contributed by atoms with van der Waals surface area (Å²) in [5.74, 6) is 0.691. The molecule has 0 saturated heterocycles. The molecule has 0 atom stereocenters. The summed E-state index contributed by atoms with van der Waals surface area (Å²) in [4.78, 5) is 12.4. The highest BCUT2D eigenvalue weighted by molar-refractivity contribution is 5.82. The third-order valence-corrected chi connectivity index (χ3v) is 4.44. The molecule has 140 valence electrons. The molecule has 1 N–H and O–H groups in total. The van der Waals surface area contributed by atoms with Gasteiger partial charge in [-0.2, -0.15) is 0 Å². The van der Waals surface area contributed by atoms with E-state index in [0.717, 1.165) is 5.56 Å². The topological polar surface area (TPSA) is 68.9 Å². The minimum Gasteiger partial charge on any atom is -0.502 e. The van der Waals surface area contributed by atoms with Gasteiger partial charge in [0.25, 0.3) is 0 Å². The van der Waals surface area contributed by atoms with Crippen molar-refractivity contribution < 1.29 is 19.0 Å². The van der Waals surface area contributed by atoms with Gasteiger partial charge in [0.1, 0.15) is 12.2 Å². The lowest BCUT2D eigenvalue weighted by Gasteiger charge is -2.13. The Hall–Kier alpha value is -3.73. The molecule has 0 aliphatic carbocycles. The van der Waals surface area contributed by atoms with Crippen LogP contribution < -0.4 is 14.9 Å². The van der Waals surface area contributed by atoms with Crippen LogP contribution in [0.15, 0.2) is 82.0 Å². The van der Waals surface area contributed by atoms with Gasteiger partial charge in [-0.1, -0.05) is 42.5 Å². The van der Waals surface area contributed by atoms with E-state index in [1.807, 2.05) is 30.3 Å². The molecule has 0 amide bonds. The fourth-order valence-electron chi connectivity index (χ4n) is 2.99. The second-order valence-electron chi connectivity index (χ2n) is 6.24. The first-order chi connectivity index (χ1) is 13.7. The summed E-state index contributed by atoms with van der Waals surface area (Å²) in [7, 11) is 1.53. The van der Waals surface area contributed by atoms with Gasteiger partial charge in [-0.3, -0.25) is 4.79 Å². The van der Waals surface area contributed by atoms with Crippen LogP contribution in [0.3, 0.4) is 0 Å². The van der Waals surface area contributed by atoms with Crippen molar-refractivity contribution in [3.05, 3.63) is 88.6 Å². The Morgan fingerprint density at radius 3 is 2.46 bits per heavy atom. The fourth-order valence-corrected chi connectivity index (χ4v) is 2.99. The van der Waals surface area contributed by atoms with E-state index in [-0.39, 0.29) is 5.76 Å². The molecule has 4 rings (SSSR count). The quantitative estimate of drug-likeness (QED) is 0.546. The maximum Gasteiger partial charge on any atom is 0.235 e. The molecule has 4 aromatic rings. The molecule has 1 aromatic heterocycles. The molecule has 0 aliphatic rings. The van der Waals surface area contributed by atoms with Gasteiger partial charge < -0.3 is 19.0 Å². The number of methoxy groups -OCH3 is 1. The largest absolute Gasteiger partial charge is 0.502 e. The number of hydrogen-bond acceptors (Lipinski definition) is 5. The Balaban J connectivity index is 1.71. The maximum absolute atomic E-state index is 12.4. The van der Waals surface area contributed by atoms with E-state index in [1.165, 1.54) is 7.11 Å². The van der Waals surface area contributed by atoms with Crippen LogP contribution in [-0.4, -0.2) is 12.2 Å². The van der Waals surface area contributed by atoms with E-state index in [0.29, 0.717) is 34.6 Å². The molecule has 0 unspecified atom stereocenters. The number of ether oxygens (including phenoxy) is 2. The molecule has 0 aliphatic heterocycles. The highest BCUT2D eigenvalue weighted by Gasteiger charge is 2.17. The fraction of sp³-hybridized carbons (Fsp3) is 0.0870. The van der Waals surface area contributed by atoms with Gasteiger partial charge in [0, 0.05) is 5.56 Å². The molecule has 0 bridgehead atoms. The van der Waals surface area contributed by atoms with Crippen LogP contribution in [0.5, 0.6) is 17.2 Å². The van der Waals surface area contributed by atoms with E-state index in [4.69, 9.17) is 13.9 Å². The summed E-state index contributed by atoms with van der Waals surface area (Å²) in [5.41, 5.74) is 1.49. The molecular weight excluding hydrogens is 356 g/mol. The van der Waals surface area contributed by atoms with E-state index in [1.54, 1.807) is 42.5 Å². The van der Waals surface area contributed by atoms with Crippen molar-refractivity contribution in [1.29, 1.82) is 0 Å². The first-order valence-electron chi connectivity index (χ1n) is 8.77. The van der Waals surface area contributed by atoms with Crippen molar-refractivity contribution >= 4 is 11.0 Å². The smallest absolute Gasteiger partial charge is 0.235 e.